The molecule has 0 aliphatic carbocycles. The van der Waals surface area contributed by atoms with Gasteiger partial charge in [0.1, 0.15) is 11.9 Å². The molecule has 2 fully saturated rings. The minimum absolute atomic E-state index is 0. The number of amides is 1. The molecule has 0 bridgehead atoms. The molecule has 2 heterocycles. The Hall–Kier alpha value is -1.55. The van der Waals surface area contributed by atoms with Gasteiger partial charge >= 0.3 is 0 Å². The molecule has 2 atom stereocenters. The first-order chi connectivity index (χ1) is 14.1. The van der Waals surface area contributed by atoms with E-state index in [2.05, 4.69) is 34.3 Å². The Kier molecular flexibility index (Phi) is 10.2. The summed E-state index contributed by atoms with van der Waals surface area (Å²) in [6.45, 7) is 6.85. The van der Waals surface area contributed by atoms with Gasteiger partial charge in [0.05, 0.1) is 7.11 Å². The lowest BCUT2D eigenvalue weighted by atomic mass is 9.98. The fourth-order valence-corrected chi connectivity index (χ4v) is 3.95. The van der Waals surface area contributed by atoms with E-state index in [1.807, 2.05) is 24.1 Å². The van der Waals surface area contributed by atoms with E-state index in [0.29, 0.717) is 12.5 Å². The standard InChI is InChI=1S/C22H34N4O3.HI/c1-17(18-6-8-19(28-3)9-7-18)10-11-24-22(23-2)26-14-12-25(13-15-26)21(27)20-5-4-16-29-20;/h6-9,17,20H,4-5,10-16H2,1-3H3,(H,23,24);1H. The van der Waals surface area contributed by atoms with Crippen LogP contribution in [-0.4, -0.2) is 81.3 Å². The Balaban J connectivity index is 0.00000320. The number of carbonyl (C=O) groups is 1. The number of methoxy groups -OCH3 is 1. The number of carbonyl (C=O) groups excluding carboxylic acids is 1. The number of nitrogens with one attached hydrogen (secondary N) is 1. The van der Waals surface area contributed by atoms with Crippen molar-refractivity contribution in [1.29, 1.82) is 0 Å². The summed E-state index contributed by atoms with van der Waals surface area (Å²) in [6.07, 6.45) is 2.64. The smallest absolute Gasteiger partial charge is 0.251 e. The molecule has 1 amide bonds. The number of piperazine rings is 1. The predicted octanol–water partition coefficient (Wildman–Crippen LogP) is 2.71. The number of hydrogen-bond donors (Lipinski definition) is 1. The minimum atomic E-state index is -0.224. The molecular weight excluding hydrogens is 495 g/mol. The maximum Gasteiger partial charge on any atom is 0.251 e. The van der Waals surface area contributed by atoms with Gasteiger partial charge in [0.15, 0.2) is 5.96 Å². The molecule has 3 rings (SSSR count). The Morgan fingerprint density at radius 1 is 1.23 bits per heavy atom. The molecule has 0 saturated carbocycles. The molecule has 1 aromatic carbocycles. The van der Waals surface area contributed by atoms with E-state index in [0.717, 1.165) is 63.7 Å². The monoisotopic (exact) mass is 530 g/mol. The van der Waals surface area contributed by atoms with E-state index < -0.39 is 0 Å². The van der Waals surface area contributed by atoms with E-state index in [1.54, 1.807) is 7.11 Å². The summed E-state index contributed by atoms with van der Waals surface area (Å²) in [6, 6.07) is 8.27. The van der Waals surface area contributed by atoms with Crippen molar-refractivity contribution in [1.82, 2.24) is 15.1 Å². The second-order valence-electron chi connectivity index (χ2n) is 7.75. The van der Waals surface area contributed by atoms with Crippen LogP contribution in [0.3, 0.4) is 0 Å². The highest BCUT2D eigenvalue weighted by Crippen LogP contribution is 2.21. The molecule has 0 radical (unpaired) electrons. The van der Waals surface area contributed by atoms with Crippen LogP contribution in [-0.2, 0) is 9.53 Å². The van der Waals surface area contributed by atoms with Crippen molar-refractivity contribution in [2.75, 3.05) is 53.5 Å². The third-order valence-electron chi connectivity index (χ3n) is 5.85. The van der Waals surface area contributed by atoms with Crippen LogP contribution < -0.4 is 10.1 Å². The van der Waals surface area contributed by atoms with Crippen LogP contribution >= 0.6 is 24.0 Å². The molecule has 2 aliphatic heterocycles. The zero-order valence-electron chi connectivity index (χ0n) is 18.3. The average Bonchev–Trinajstić information content (AvgIpc) is 3.31. The predicted molar refractivity (Wildman–Crippen MR) is 130 cm³/mol. The zero-order valence-corrected chi connectivity index (χ0v) is 20.6. The highest BCUT2D eigenvalue weighted by Gasteiger charge is 2.30. The lowest BCUT2D eigenvalue weighted by molar-refractivity contribution is -0.142. The summed E-state index contributed by atoms with van der Waals surface area (Å²) < 4.78 is 10.8. The molecule has 7 nitrogen and oxygen atoms in total. The number of hydrogen-bond acceptors (Lipinski definition) is 4. The molecule has 1 N–H and O–H groups in total. The van der Waals surface area contributed by atoms with Crippen LogP contribution in [0.15, 0.2) is 29.3 Å². The second kappa shape index (κ2) is 12.3. The zero-order chi connectivity index (χ0) is 20.6. The highest BCUT2D eigenvalue weighted by molar-refractivity contribution is 14.0. The fourth-order valence-electron chi connectivity index (χ4n) is 3.95. The van der Waals surface area contributed by atoms with Gasteiger partial charge in [-0.1, -0.05) is 19.1 Å². The van der Waals surface area contributed by atoms with Crippen LogP contribution in [0.4, 0.5) is 0 Å². The summed E-state index contributed by atoms with van der Waals surface area (Å²) in [7, 11) is 3.51. The van der Waals surface area contributed by atoms with Gasteiger partial charge in [-0.3, -0.25) is 9.79 Å². The van der Waals surface area contributed by atoms with Gasteiger partial charge in [0.25, 0.3) is 5.91 Å². The summed E-state index contributed by atoms with van der Waals surface area (Å²) in [5, 5.41) is 3.48. The molecule has 8 heteroatoms. The quantitative estimate of drug-likeness (QED) is 0.348. The molecule has 2 aliphatic rings. The van der Waals surface area contributed by atoms with Crippen molar-refractivity contribution in [3.63, 3.8) is 0 Å². The number of guanidine groups is 1. The van der Waals surface area contributed by atoms with Crippen LogP contribution in [0.1, 0.15) is 37.7 Å². The van der Waals surface area contributed by atoms with Gasteiger partial charge in [-0.05, 0) is 42.9 Å². The van der Waals surface area contributed by atoms with Crippen LogP contribution in [0, 0.1) is 0 Å². The van der Waals surface area contributed by atoms with Gasteiger partial charge in [-0.25, -0.2) is 0 Å². The number of aliphatic imine (C=N–C) groups is 1. The number of nitrogens with zero attached hydrogens (tertiary/aromatic N) is 3. The van der Waals surface area contributed by atoms with Gasteiger partial charge in [-0.2, -0.15) is 0 Å². The topological polar surface area (TPSA) is 66.4 Å². The van der Waals surface area contributed by atoms with Crippen molar-refractivity contribution in [2.24, 2.45) is 4.99 Å². The molecule has 2 unspecified atom stereocenters. The molecule has 0 aromatic heterocycles. The highest BCUT2D eigenvalue weighted by atomic mass is 127. The third-order valence-corrected chi connectivity index (χ3v) is 5.85. The number of rotatable bonds is 6. The first kappa shape index (κ1) is 24.7. The Morgan fingerprint density at radius 3 is 2.47 bits per heavy atom. The van der Waals surface area contributed by atoms with Crippen LogP contribution in [0.5, 0.6) is 5.75 Å². The average molecular weight is 530 g/mol. The van der Waals surface area contributed by atoms with Crippen LogP contribution in [0.25, 0.3) is 0 Å². The first-order valence-corrected chi connectivity index (χ1v) is 10.6. The SMILES string of the molecule is CN=C(NCCC(C)c1ccc(OC)cc1)N1CCN(C(=O)C2CCCO2)CC1.I. The molecule has 168 valence electrons. The van der Waals surface area contributed by atoms with E-state index >= 15 is 0 Å². The number of ether oxygens (including phenoxy) is 2. The number of benzene rings is 1. The molecule has 1 aromatic rings. The Morgan fingerprint density at radius 2 is 1.90 bits per heavy atom. The summed E-state index contributed by atoms with van der Waals surface area (Å²) in [4.78, 5) is 21.1. The maximum absolute atomic E-state index is 12.5. The largest absolute Gasteiger partial charge is 0.497 e. The van der Waals surface area contributed by atoms with Crippen LogP contribution in [0.2, 0.25) is 0 Å². The van der Waals surface area contributed by atoms with Crippen molar-refractivity contribution in [2.45, 2.75) is 38.2 Å². The lowest BCUT2D eigenvalue weighted by Gasteiger charge is -2.37. The van der Waals surface area contributed by atoms with Crippen molar-refractivity contribution in [3.8, 4) is 5.75 Å². The van der Waals surface area contributed by atoms with Gasteiger partial charge in [0.2, 0.25) is 0 Å². The van der Waals surface area contributed by atoms with Crippen molar-refractivity contribution >= 4 is 35.8 Å². The third kappa shape index (κ3) is 6.47. The lowest BCUT2D eigenvalue weighted by Crippen LogP contribution is -2.55. The summed E-state index contributed by atoms with van der Waals surface area (Å²) in [5.41, 5.74) is 1.31. The van der Waals surface area contributed by atoms with Gasteiger partial charge in [-0.15, -0.1) is 24.0 Å². The molecule has 2 saturated heterocycles. The fraction of sp³-hybridized carbons (Fsp3) is 0.636. The second-order valence-corrected chi connectivity index (χ2v) is 7.75. The van der Waals surface area contributed by atoms with Gasteiger partial charge in [0, 0.05) is 46.4 Å². The molecule has 30 heavy (non-hydrogen) atoms. The van der Waals surface area contributed by atoms with E-state index in [9.17, 15) is 4.79 Å². The molecular formula is C22H35IN4O3. The summed E-state index contributed by atoms with van der Waals surface area (Å²) in [5.74, 6) is 2.40. The number of halogens is 1. The molecule has 0 spiro atoms. The van der Waals surface area contributed by atoms with E-state index in [4.69, 9.17) is 9.47 Å². The maximum atomic E-state index is 12.5. The summed E-state index contributed by atoms with van der Waals surface area (Å²) >= 11 is 0. The van der Waals surface area contributed by atoms with E-state index in [1.165, 1.54) is 5.56 Å². The Labute approximate surface area is 197 Å². The van der Waals surface area contributed by atoms with Gasteiger partial charge < -0.3 is 24.6 Å². The normalized spacial score (nSPS) is 20.5. The van der Waals surface area contributed by atoms with E-state index in [-0.39, 0.29) is 36.0 Å². The first-order valence-electron chi connectivity index (χ1n) is 10.6. The minimum Gasteiger partial charge on any atom is -0.497 e. The Bertz CT molecular complexity index is 684. The van der Waals surface area contributed by atoms with Crippen molar-refractivity contribution in [3.05, 3.63) is 29.8 Å². The van der Waals surface area contributed by atoms with Crippen molar-refractivity contribution < 1.29 is 14.3 Å².